The standard InChI is InChI=1S/C9H16N2O3/c1-2-3-9(14)11-7(6-12)4-5-8(10)13/h6-7H,2-5H2,1H3,(H2,10,13)(H,11,14)/t7-/m1/s1. The van der Waals surface area contributed by atoms with Crippen LogP contribution in [-0.4, -0.2) is 24.1 Å². The molecular formula is C9H16N2O3. The van der Waals surface area contributed by atoms with Gasteiger partial charge in [0, 0.05) is 12.8 Å². The fraction of sp³-hybridized carbons (Fsp3) is 0.667. The molecule has 0 aliphatic carbocycles. The Kier molecular flexibility index (Phi) is 6.36. The SMILES string of the molecule is CCCC(=O)N[C@@H](C=O)CCC(N)=O. The smallest absolute Gasteiger partial charge is 0.220 e. The van der Waals surface area contributed by atoms with Crippen LogP contribution >= 0.6 is 0 Å². The first-order chi connectivity index (χ1) is 6.60. The van der Waals surface area contributed by atoms with Crippen LogP contribution in [0.2, 0.25) is 0 Å². The molecule has 2 amide bonds. The van der Waals surface area contributed by atoms with E-state index in [0.717, 1.165) is 6.42 Å². The number of hydrogen-bond donors (Lipinski definition) is 2. The molecule has 14 heavy (non-hydrogen) atoms. The summed E-state index contributed by atoms with van der Waals surface area (Å²) in [6.07, 6.45) is 2.12. The van der Waals surface area contributed by atoms with Gasteiger partial charge in [-0.3, -0.25) is 9.59 Å². The molecule has 0 aliphatic rings. The van der Waals surface area contributed by atoms with Crippen LogP contribution in [0.1, 0.15) is 32.6 Å². The van der Waals surface area contributed by atoms with E-state index in [2.05, 4.69) is 5.32 Å². The molecule has 3 N–H and O–H groups in total. The second kappa shape index (κ2) is 7.06. The lowest BCUT2D eigenvalue weighted by atomic mass is 10.1. The molecule has 0 bridgehead atoms. The number of nitrogens with two attached hydrogens (primary N) is 1. The van der Waals surface area contributed by atoms with Crippen molar-refractivity contribution in [3.8, 4) is 0 Å². The van der Waals surface area contributed by atoms with E-state index in [1.54, 1.807) is 0 Å². The van der Waals surface area contributed by atoms with Crippen molar-refractivity contribution in [3.63, 3.8) is 0 Å². The minimum absolute atomic E-state index is 0.107. The van der Waals surface area contributed by atoms with Crippen molar-refractivity contribution in [2.24, 2.45) is 5.73 Å². The van der Waals surface area contributed by atoms with Crippen molar-refractivity contribution in [3.05, 3.63) is 0 Å². The first-order valence-electron chi connectivity index (χ1n) is 4.63. The van der Waals surface area contributed by atoms with Crippen LogP contribution < -0.4 is 11.1 Å². The van der Waals surface area contributed by atoms with Gasteiger partial charge in [0.15, 0.2) is 0 Å². The van der Waals surface area contributed by atoms with Crippen LogP contribution in [0, 0.1) is 0 Å². The molecule has 0 saturated carbocycles. The second-order valence-corrected chi connectivity index (χ2v) is 3.07. The van der Waals surface area contributed by atoms with Crippen LogP contribution in [0.4, 0.5) is 0 Å². The van der Waals surface area contributed by atoms with E-state index >= 15 is 0 Å². The van der Waals surface area contributed by atoms with Gasteiger partial charge in [-0.15, -0.1) is 0 Å². The molecule has 0 unspecified atom stereocenters. The lowest BCUT2D eigenvalue weighted by molar-refractivity contribution is -0.124. The van der Waals surface area contributed by atoms with E-state index < -0.39 is 11.9 Å². The Bertz CT molecular complexity index is 216. The molecule has 0 saturated heterocycles. The topological polar surface area (TPSA) is 89.3 Å². The number of aldehydes is 1. The van der Waals surface area contributed by atoms with Gasteiger partial charge in [-0.1, -0.05) is 6.92 Å². The molecule has 0 fully saturated rings. The summed E-state index contributed by atoms with van der Waals surface area (Å²) in [7, 11) is 0. The molecule has 80 valence electrons. The lowest BCUT2D eigenvalue weighted by Gasteiger charge is -2.10. The molecule has 0 rings (SSSR count). The summed E-state index contributed by atoms with van der Waals surface area (Å²) >= 11 is 0. The Balaban J connectivity index is 3.84. The molecule has 0 aromatic carbocycles. The molecule has 0 aromatic rings. The van der Waals surface area contributed by atoms with Gasteiger partial charge in [-0.2, -0.15) is 0 Å². The highest BCUT2D eigenvalue weighted by Gasteiger charge is 2.11. The molecule has 5 nitrogen and oxygen atoms in total. The Labute approximate surface area is 83.0 Å². The van der Waals surface area contributed by atoms with E-state index in [4.69, 9.17) is 5.73 Å². The molecule has 0 aliphatic heterocycles. The zero-order valence-electron chi connectivity index (χ0n) is 8.29. The van der Waals surface area contributed by atoms with E-state index in [-0.39, 0.29) is 18.7 Å². The number of carbonyl (C=O) groups is 3. The Morgan fingerprint density at radius 3 is 2.50 bits per heavy atom. The maximum atomic E-state index is 11.1. The summed E-state index contributed by atoms with van der Waals surface area (Å²) in [6.45, 7) is 1.87. The molecular weight excluding hydrogens is 184 g/mol. The van der Waals surface area contributed by atoms with Gasteiger partial charge >= 0.3 is 0 Å². The van der Waals surface area contributed by atoms with Gasteiger partial charge in [0.1, 0.15) is 6.29 Å². The number of rotatable bonds is 7. The van der Waals surface area contributed by atoms with Crippen LogP contribution in [-0.2, 0) is 14.4 Å². The monoisotopic (exact) mass is 200 g/mol. The average molecular weight is 200 g/mol. The summed E-state index contributed by atoms with van der Waals surface area (Å²) in [4.78, 5) is 32.0. The van der Waals surface area contributed by atoms with Crippen LogP contribution in [0.15, 0.2) is 0 Å². The fourth-order valence-corrected chi connectivity index (χ4v) is 0.978. The number of hydrogen-bond acceptors (Lipinski definition) is 3. The van der Waals surface area contributed by atoms with Crippen LogP contribution in [0.25, 0.3) is 0 Å². The summed E-state index contributed by atoms with van der Waals surface area (Å²) < 4.78 is 0. The predicted molar refractivity (Wildman–Crippen MR) is 51.3 cm³/mol. The molecule has 5 heteroatoms. The third-order valence-electron chi connectivity index (χ3n) is 1.69. The summed E-state index contributed by atoms with van der Waals surface area (Å²) in [5.74, 6) is -0.643. The maximum Gasteiger partial charge on any atom is 0.220 e. The fourth-order valence-electron chi connectivity index (χ4n) is 0.978. The van der Waals surface area contributed by atoms with Gasteiger partial charge < -0.3 is 15.8 Å². The first kappa shape index (κ1) is 12.6. The molecule has 0 spiro atoms. The normalized spacial score (nSPS) is 11.8. The van der Waals surface area contributed by atoms with E-state index in [0.29, 0.717) is 12.7 Å². The average Bonchev–Trinajstić information content (AvgIpc) is 2.12. The summed E-state index contributed by atoms with van der Waals surface area (Å²) in [5, 5.41) is 2.51. The minimum atomic E-state index is -0.596. The van der Waals surface area contributed by atoms with Crippen LogP contribution in [0.5, 0.6) is 0 Å². The third-order valence-corrected chi connectivity index (χ3v) is 1.69. The third kappa shape index (κ3) is 6.16. The maximum absolute atomic E-state index is 11.1. The second-order valence-electron chi connectivity index (χ2n) is 3.07. The van der Waals surface area contributed by atoms with E-state index in [9.17, 15) is 14.4 Å². The highest BCUT2D eigenvalue weighted by molar-refractivity contribution is 5.80. The van der Waals surface area contributed by atoms with Gasteiger partial charge in [-0.05, 0) is 12.8 Å². The zero-order valence-corrected chi connectivity index (χ0v) is 8.29. The van der Waals surface area contributed by atoms with Crippen molar-refractivity contribution in [2.45, 2.75) is 38.6 Å². The largest absolute Gasteiger partial charge is 0.370 e. The summed E-state index contributed by atoms with van der Waals surface area (Å²) in [6, 6.07) is -0.596. The van der Waals surface area contributed by atoms with Crippen molar-refractivity contribution >= 4 is 18.1 Å². The quantitative estimate of drug-likeness (QED) is 0.554. The Hall–Kier alpha value is -1.39. The van der Waals surface area contributed by atoms with Gasteiger partial charge in [0.05, 0.1) is 6.04 Å². The molecule has 0 aromatic heterocycles. The lowest BCUT2D eigenvalue weighted by Crippen LogP contribution is -2.36. The van der Waals surface area contributed by atoms with E-state index in [1.807, 2.05) is 6.92 Å². The number of carbonyl (C=O) groups excluding carboxylic acids is 3. The van der Waals surface area contributed by atoms with Gasteiger partial charge in [0.2, 0.25) is 11.8 Å². The highest BCUT2D eigenvalue weighted by Crippen LogP contribution is 1.95. The van der Waals surface area contributed by atoms with E-state index in [1.165, 1.54) is 0 Å². The molecule has 1 atom stereocenters. The predicted octanol–water partition coefficient (Wildman–Crippen LogP) is -0.264. The van der Waals surface area contributed by atoms with Gasteiger partial charge in [0.25, 0.3) is 0 Å². The molecule has 0 heterocycles. The number of nitrogens with one attached hydrogen (secondary N) is 1. The number of primary amides is 1. The Morgan fingerprint density at radius 2 is 2.07 bits per heavy atom. The summed E-state index contributed by atoms with van der Waals surface area (Å²) in [5.41, 5.74) is 4.92. The molecule has 0 radical (unpaired) electrons. The Morgan fingerprint density at radius 1 is 1.43 bits per heavy atom. The highest BCUT2D eigenvalue weighted by atomic mass is 16.2. The first-order valence-corrected chi connectivity index (χ1v) is 4.63. The van der Waals surface area contributed by atoms with Crippen molar-refractivity contribution < 1.29 is 14.4 Å². The van der Waals surface area contributed by atoms with Crippen LogP contribution in [0.3, 0.4) is 0 Å². The van der Waals surface area contributed by atoms with Gasteiger partial charge in [-0.25, -0.2) is 0 Å². The van der Waals surface area contributed by atoms with Crippen molar-refractivity contribution in [1.29, 1.82) is 0 Å². The van der Waals surface area contributed by atoms with Crippen molar-refractivity contribution in [1.82, 2.24) is 5.32 Å². The minimum Gasteiger partial charge on any atom is -0.370 e. The number of amides is 2. The van der Waals surface area contributed by atoms with Crippen molar-refractivity contribution in [2.75, 3.05) is 0 Å². The zero-order chi connectivity index (χ0) is 11.0.